The smallest absolute Gasteiger partial charge is 0.246 e. The lowest BCUT2D eigenvalue weighted by Crippen LogP contribution is -2.45. The van der Waals surface area contributed by atoms with Gasteiger partial charge in [-0.25, -0.2) is 0 Å². The first-order valence-corrected chi connectivity index (χ1v) is 4.18. The van der Waals surface area contributed by atoms with E-state index >= 15 is 0 Å². The molecule has 0 radical (unpaired) electrons. The van der Waals surface area contributed by atoms with E-state index < -0.39 is 0 Å². The van der Waals surface area contributed by atoms with Gasteiger partial charge in [0.2, 0.25) is 5.91 Å². The van der Waals surface area contributed by atoms with Crippen LogP contribution in [0.1, 0.15) is 13.8 Å². The number of hydrogen-bond donors (Lipinski definition) is 1. The fourth-order valence-corrected chi connectivity index (χ4v) is 0.938. The molecule has 1 N–H and O–H groups in total. The monoisotopic (exact) mass is 173 g/mol. The number of carbonyl (C=O) groups is 1. The van der Waals surface area contributed by atoms with Crippen molar-refractivity contribution in [3.63, 3.8) is 0 Å². The standard InChI is InChI=1S/C8H15NO3/c1-6(2)11-4-7-3-9-8(10)5-12-7/h6-7H,3-5H2,1-2H3,(H,9,10). The Morgan fingerprint density at radius 2 is 2.50 bits per heavy atom. The summed E-state index contributed by atoms with van der Waals surface area (Å²) in [7, 11) is 0. The van der Waals surface area contributed by atoms with Crippen LogP contribution in [-0.4, -0.2) is 37.9 Å². The first kappa shape index (κ1) is 9.48. The van der Waals surface area contributed by atoms with Gasteiger partial charge in [0.15, 0.2) is 0 Å². The van der Waals surface area contributed by atoms with E-state index in [1.165, 1.54) is 0 Å². The second-order valence-electron chi connectivity index (χ2n) is 3.12. The van der Waals surface area contributed by atoms with E-state index in [0.29, 0.717) is 13.2 Å². The van der Waals surface area contributed by atoms with Crippen LogP contribution < -0.4 is 5.32 Å². The molecule has 1 amide bonds. The highest BCUT2D eigenvalue weighted by atomic mass is 16.5. The molecule has 70 valence electrons. The van der Waals surface area contributed by atoms with Crippen molar-refractivity contribution in [1.29, 1.82) is 0 Å². The molecule has 0 bridgehead atoms. The number of amides is 1. The number of carbonyl (C=O) groups excluding carboxylic acids is 1. The van der Waals surface area contributed by atoms with E-state index in [4.69, 9.17) is 9.47 Å². The third-order valence-corrected chi connectivity index (χ3v) is 1.59. The average Bonchev–Trinajstić information content (AvgIpc) is 2.03. The van der Waals surface area contributed by atoms with Gasteiger partial charge in [-0.3, -0.25) is 4.79 Å². The lowest BCUT2D eigenvalue weighted by Gasteiger charge is -2.23. The first-order valence-electron chi connectivity index (χ1n) is 4.18. The number of ether oxygens (including phenoxy) is 2. The van der Waals surface area contributed by atoms with Crippen LogP contribution in [-0.2, 0) is 14.3 Å². The maximum atomic E-state index is 10.7. The van der Waals surface area contributed by atoms with Crippen LogP contribution >= 0.6 is 0 Å². The summed E-state index contributed by atoms with van der Waals surface area (Å²) >= 11 is 0. The van der Waals surface area contributed by atoms with Crippen molar-refractivity contribution in [3.8, 4) is 0 Å². The molecule has 1 aliphatic heterocycles. The molecule has 1 rings (SSSR count). The molecular weight excluding hydrogens is 158 g/mol. The second-order valence-corrected chi connectivity index (χ2v) is 3.12. The Kier molecular flexibility index (Phi) is 3.49. The fraction of sp³-hybridized carbons (Fsp3) is 0.875. The van der Waals surface area contributed by atoms with E-state index in [0.717, 1.165) is 0 Å². The summed E-state index contributed by atoms with van der Waals surface area (Å²) in [5, 5.41) is 2.71. The van der Waals surface area contributed by atoms with Crippen LogP contribution in [0, 0.1) is 0 Å². The van der Waals surface area contributed by atoms with Crippen LogP contribution in [0.25, 0.3) is 0 Å². The third kappa shape index (κ3) is 3.19. The van der Waals surface area contributed by atoms with Gasteiger partial charge in [-0.1, -0.05) is 0 Å². The van der Waals surface area contributed by atoms with Gasteiger partial charge in [-0.15, -0.1) is 0 Å². The van der Waals surface area contributed by atoms with Crippen LogP contribution in [0.3, 0.4) is 0 Å². The van der Waals surface area contributed by atoms with E-state index in [-0.39, 0.29) is 24.7 Å². The van der Waals surface area contributed by atoms with Gasteiger partial charge in [0, 0.05) is 6.54 Å². The molecular formula is C8H15NO3. The third-order valence-electron chi connectivity index (χ3n) is 1.59. The Bertz CT molecular complexity index is 148. The highest BCUT2D eigenvalue weighted by Crippen LogP contribution is 1.99. The van der Waals surface area contributed by atoms with Crippen LogP contribution in [0.15, 0.2) is 0 Å². The molecule has 1 heterocycles. The van der Waals surface area contributed by atoms with Crippen LogP contribution in [0.2, 0.25) is 0 Å². The van der Waals surface area contributed by atoms with Gasteiger partial charge in [-0.05, 0) is 13.8 Å². The maximum absolute atomic E-state index is 10.7. The molecule has 1 saturated heterocycles. The van der Waals surface area contributed by atoms with Gasteiger partial charge in [0.25, 0.3) is 0 Å². The largest absolute Gasteiger partial charge is 0.376 e. The molecule has 1 unspecified atom stereocenters. The Morgan fingerprint density at radius 1 is 1.75 bits per heavy atom. The van der Waals surface area contributed by atoms with Crippen molar-refractivity contribution in [2.45, 2.75) is 26.1 Å². The van der Waals surface area contributed by atoms with Gasteiger partial charge in [-0.2, -0.15) is 0 Å². The minimum atomic E-state index is -0.0456. The molecule has 1 aliphatic rings. The highest BCUT2D eigenvalue weighted by Gasteiger charge is 2.18. The quantitative estimate of drug-likeness (QED) is 0.649. The lowest BCUT2D eigenvalue weighted by atomic mass is 10.3. The summed E-state index contributed by atoms with van der Waals surface area (Å²) in [5.41, 5.74) is 0. The number of hydrogen-bond acceptors (Lipinski definition) is 3. The number of nitrogens with one attached hydrogen (secondary N) is 1. The van der Waals surface area contributed by atoms with Gasteiger partial charge < -0.3 is 14.8 Å². The van der Waals surface area contributed by atoms with E-state index in [2.05, 4.69) is 5.32 Å². The van der Waals surface area contributed by atoms with Gasteiger partial charge >= 0.3 is 0 Å². The predicted molar refractivity (Wildman–Crippen MR) is 43.8 cm³/mol. The summed E-state index contributed by atoms with van der Waals surface area (Å²) < 4.78 is 10.5. The Balaban J connectivity index is 2.13. The molecule has 0 aromatic carbocycles. The molecule has 4 nitrogen and oxygen atoms in total. The molecule has 4 heteroatoms. The zero-order chi connectivity index (χ0) is 8.97. The fourth-order valence-electron chi connectivity index (χ4n) is 0.938. The zero-order valence-electron chi connectivity index (χ0n) is 7.50. The SMILES string of the molecule is CC(C)OCC1CNC(=O)CO1. The minimum absolute atomic E-state index is 0.0186. The van der Waals surface area contributed by atoms with Crippen molar-refractivity contribution < 1.29 is 14.3 Å². The van der Waals surface area contributed by atoms with Crippen molar-refractivity contribution in [1.82, 2.24) is 5.32 Å². The minimum Gasteiger partial charge on any atom is -0.376 e. The number of rotatable bonds is 3. The summed E-state index contributed by atoms with van der Waals surface area (Å²) in [5.74, 6) is -0.0456. The molecule has 1 fully saturated rings. The summed E-state index contributed by atoms with van der Waals surface area (Å²) in [6.07, 6.45) is 0.233. The van der Waals surface area contributed by atoms with Gasteiger partial charge in [0.05, 0.1) is 18.8 Å². The topological polar surface area (TPSA) is 47.6 Å². The maximum Gasteiger partial charge on any atom is 0.246 e. The molecule has 0 aromatic heterocycles. The molecule has 0 aliphatic carbocycles. The van der Waals surface area contributed by atoms with Gasteiger partial charge in [0.1, 0.15) is 6.61 Å². The zero-order valence-corrected chi connectivity index (χ0v) is 7.50. The van der Waals surface area contributed by atoms with E-state index in [9.17, 15) is 4.79 Å². The lowest BCUT2D eigenvalue weighted by molar-refractivity contribution is -0.136. The van der Waals surface area contributed by atoms with E-state index in [1.807, 2.05) is 13.8 Å². The summed E-state index contributed by atoms with van der Waals surface area (Å²) in [6, 6.07) is 0. The van der Waals surface area contributed by atoms with E-state index in [1.54, 1.807) is 0 Å². The normalized spacial score (nSPS) is 24.2. The summed E-state index contributed by atoms with van der Waals surface area (Å²) in [4.78, 5) is 10.7. The Labute approximate surface area is 72.2 Å². The van der Waals surface area contributed by atoms with Crippen molar-refractivity contribution in [3.05, 3.63) is 0 Å². The molecule has 0 saturated carbocycles. The van der Waals surface area contributed by atoms with Crippen molar-refractivity contribution in [2.24, 2.45) is 0 Å². The Morgan fingerprint density at radius 3 is 3.00 bits per heavy atom. The Hall–Kier alpha value is -0.610. The molecule has 0 aromatic rings. The second kappa shape index (κ2) is 4.42. The predicted octanol–water partition coefficient (Wildman–Crippen LogP) is -0.0736. The average molecular weight is 173 g/mol. The van der Waals surface area contributed by atoms with Crippen molar-refractivity contribution >= 4 is 5.91 Å². The molecule has 1 atom stereocenters. The number of morpholine rings is 1. The van der Waals surface area contributed by atoms with Crippen LogP contribution in [0.5, 0.6) is 0 Å². The van der Waals surface area contributed by atoms with Crippen molar-refractivity contribution in [2.75, 3.05) is 19.8 Å². The summed E-state index contributed by atoms with van der Waals surface area (Å²) in [6.45, 7) is 5.22. The molecule has 0 spiro atoms. The first-order chi connectivity index (χ1) is 5.68. The van der Waals surface area contributed by atoms with Crippen LogP contribution in [0.4, 0.5) is 0 Å². The molecule has 12 heavy (non-hydrogen) atoms. The highest BCUT2D eigenvalue weighted by molar-refractivity contribution is 5.77.